The van der Waals surface area contributed by atoms with E-state index in [9.17, 15) is 13.2 Å². The first-order chi connectivity index (χ1) is 12.2. The Kier molecular flexibility index (Phi) is 5.42. The fourth-order valence-corrected chi connectivity index (χ4v) is 6.48. The van der Waals surface area contributed by atoms with Crippen molar-refractivity contribution in [3.05, 3.63) is 44.9 Å². The molecule has 0 aliphatic carbocycles. The molecular formula is C19H26N2O3S2. The lowest BCUT2D eigenvalue weighted by molar-refractivity contribution is 0.0942. The second-order valence-electron chi connectivity index (χ2n) is 7.33. The van der Waals surface area contributed by atoms with Crippen LogP contribution in [0.3, 0.4) is 0 Å². The molecule has 0 aromatic carbocycles. The Bertz CT molecular complexity index is 925. The molecule has 7 heteroatoms. The van der Waals surface area contributed by atoms with Gasteiger partial charge in [-0.05, 0) is 57.3 Å². The maximum Gasteiger partial charge on any atom is 0.178 e. The largest absolute Gasteiger partial charge is 0.344 e. The number of hydrogen-bond acceptors (Lipinski definition) is 5. The monoisotopic (exact) mass is 394 g/mol. The number of aryl methyl sites for hydroxylation is 2. The van der Waals surface area contributed by atoms with Crippen molar-refractivity contribution in [2.75, 3.05) is 25.1 Å². The third kappa shape index (κ3) is 3.94. The molecule has 1 aliphatic rings. The highest BCUT2D eigenvalue weighted by Crippen LogP contribution is 2.29. The van der Waals surface area contributed by atoms with Gasteiger partial charge in [0.1, 0.15) is 0 Å². The number of nitrogens with zero attached hydrogens (tertiary/aromatic N) is 2. The van der Waals surface area contributed by atoms with Crippen molar-refractivity contribution in [1.82, 2.24) is 9.47 Å². The molecule has 1 saturated heterocycles. The summed E-state index contributed by atoms with van der Waals surface area (Å²) < 4.78 is 25.7. The van der Waals surface area contributed by atoms with Crippen LogP contribution in [0.4, 0.5) is 0 Å². The summed E-state index contributed by atoms with van der Waals surface area (Å²) in [6, 6.07) is 3.96. The lowest BCUT2D eigenvalue weighted by Crippen LogP contribution is -2.26. The van der Waals surface area contributed by atoms with E-state index < -0.39 is 9.84 Å². The molecule has 0 radical (unpaired) electrons. The van der Waals surface area contributed by atoms with Crippen LogP contribution in [0.25, 0.3) is 0 Å². The summed E-state index contributed by atoms with van der Waals surface area (Å²) in [6.45, 7) is 7.08. The molecule has 1 unspecified atom stereocenters. The smallest absolute Gasteiger partial charge is 0.178 e. The van der Waals surface area contributed by atoms with Crippen molar-refractivity contribution in [2.45, 2.75) is 39.8 Å². The Labute approximate surface area is 159 Å². The Morgan fingerprint density at radius 3 is 2.65 bits per heavy atom. The first kappa shape index (κ1) is 19.3. The Morgan fingerprint density at radius 1 is 1.35 bits per heavy atom. The lowest BCUT2D eigenvalue weighted by Gasteiger charge is -2.17. The maximum atomic E-state index is 12.8. The van der Waals surface area contributed by atoms with Crippen LogP contribution in [-0.2, 0) is 16.4 Å². The molecule has 0 spiro atoms. The van der Waals surface area contributed by atoms with Gasteiger partial charge in [-0.3, -0.25) is 9.69 Å². The van der Waals surface area contributed by atoms with Gasteiger partial charge in [0.2, 0.25) is 0 Å². The molecule has 1 fully saturated rings. The molecule has 2 aromatic rings. The van der Waals surface area contributed by atoms with E-state index in [4.69, 9.17) is 0 Å². The van der Waals surface area contributed by atoms with E-state index in [1.807, 2.05) is 36.4 Å². The van der Waals surface area contributed by atoms with E-state index >= 15 is 0 Å². The number of likely N-dealkylation sites (N-methyl/N-ethyl adjacent to an activating group) is 1. The molecule has 26 heavy (non-hydrogen) atoms. The molecule has 3 heterocycles. The zero-order valence-electron chi connectivity index (χ0n) is 15.8. The highest BCUT2D eigenvalue weighted by Gasteiger charge is 2.31. The summed E-state index contributed by atoms with van der Waals surface area (Å²) in [4.78, 5) is 16.1. The van der Waals surface area contributed by atoms with Crippen LogP contribution in [0.5, 0.6) is 0 Å². The van der Waals surface area contributed by atoms with Crippen LogP contribution >= 0.6 is 11.3 Å². The van der Waals surface area contributed by atoms with Crippen LogP contribution in [-0.4, -0.2) is 48.8 Å². The number of aromatic nitrogens is 1. The molecule has 3 rings (SSSR count). The van der Waals surface area contributed by atoms with Crippen molar-refractivity contribution in [3.63, 3.8) is 0 Å². The van der Waals surface area contributed by atoms with E-state index in [1.54, 1.807) is 11.3 Å². The van der Waals surface area contributed by atoms with Gasteiger partial charge in [-0.1, -0.05) is 0 Å². The number of rotatable bonds is 6. The Balaban J connectivity index is 1.74. The van der Waals surface area contributed by atoms with Crippen LogP contribution in [0.15, 0.2) is 17.5 Å². The molecule has 0 N–H and O–H groups in total. The maximum absolute atomic E-state index is 12.8. The van der Waals surface area contributed by atoms with E-state index in [0.29, 0.717) is 18.5 Å². The summed E-state index contributed by atoms with van der Waals surface area (Å²) in [5, 5.41) is 2.07. The zero-order valence-corrected chi connectivity index (χ0v) is 17.4. The number of Topliss-reactive ketones (excluding diaryl/α,β-unsaturated/α-hetero) is 1. The normalized spacial score (nSPS) is 19.3. The summed E-state index contributed by atoms with van der Waals surface area (Å²) in [5.41, 5.74) is 3.82. The lowest BCUT2D eigenvalue weighted by atomic mass is 10.1. The fourth-order valence-electron chi connectivity index (χ4n) is 3.80. The highest BCUT2D eigenvalue weighted by molar-refractivity contribution is 7.91. The van der Waals surface area contributed by atoms with Gasteiger partial charge in [-0.25, -0.2) is 8.42 Å². The second kappa shape index (κ2) is 7.29. The number of hydrogen-bond donors (Lipinski definition) is 0. The van der Waals surface area contributed by atoms with Crippen molar-refractivity contribution in [2.24, 2.45) is 0 Å². The molecule has 1 aliphatic heterocycles. The first-order valence-corrected chi connectivity index (χ1v) is 11.5. The number of ketones is 1. The molecule has 0 bridgehead atoms. The van der Waals surface area contributed by atoms with Crippen molar-refractivity contribution in [1.29, 1.82) is 0 Å². The van der Waals surface area contributed by atoms with Crippen molar-refractivity contribution >= 4 is 27.0 Å². The molecule has 5 nitrogen and oxygen atoms in total. The topological polar surface area (TPSA) is 59.4 Å². The summed E-state index contributed by atoms with van der Waals surface area (Å²) >= 11 is 1.71. The zero-order chi connectivity index (χ0) is 19.1. The highest BCUT2D eigenvalue weighted by atomic mass is 32.2. The van der Waals surface area contributed by atoms with Gasteiger partial charge in [0.15, 0.2) is 15.6 Å². The van der Waals surface area contributed by atoms with Gasteiger partial charge in [0.25, 0.3) is 0 Å². The van der Waals surface area contributed by atoms with Crippen LogP contribution in [0.2, 0.25) is 0 Å². The quantitative estimate of drug-likeness (QED) is 0.706. The fraction of sp³-hybridized carbons (Fsp3) is 0.526. The van der Waals surface area contributed by atoms with Gasteiger partial charge >= 0.3 is 0 Å². The van der Waals surface area contributed by atoms with Crippen LogP contribution < -0.4 is 0 Å². The average Bonchev–Trinajstić information content (AvgIpc) is 3.18. The number of carbonyl (C=O) groups is 1. The standard InChI is InChI=1S/C19H26N2O3S2/c1-13-5-7-25-19(13)11-20(4)10-18(22)17-9-14(2)21(15(17)3)16-6-8-26(23,24)12-16/h5,7,9,16H,6,8,10-12H2,1-4H3. The minimum Gasteiger partial charge on any atom is -0.344 e. The molecule has 1 atom stereocenters. The minimum absolute atomic E-state index is 0.0481. The van der Waals surface area contributed by atoms with Crippen LogP contribution in [0, 0.1) is 20.8 Å². The third-order valence-corrected chi connectivity index (χ3v) is 7.91. The molecule has 2 aromatic heterocycles. The van der Waals surface area contributed by atoms with Gasteiger partial charge in [-0.15, -0.1) is 11.3 Å². The predicted octanol–water partition coefficient (Wildman–Crippen LogP) is 3.15. The van der Waals surface area contributed by atoms with E-state index in [1.165, 1.54) is 10.4 Å². The Hall–Kier alpha value is -1.44. The number of carbonyl (C=O) groups excluding carboxylic acids is 1. The molecule has 142 valence electrons. The van der Waals surface area contributed by atoms with Crippen molar-refractivity contribution < 1.29 is 13.2 Å². The van der Waals surface area contributed by atoms with Gasteiger partial charge in [0.05, 0.1) is 18.1 Å². The second-order valence-corrected chi connectivity index (χ2v) is 10.6. The van der Waals surface area contributed by atoms with E-state index in [0.717, 1.165) is 17.9 Å². The first-order valence-electron chi connectivity index (χ1n) is 8.81. The average molecular weight is 395 g/mol. The SMILES string of the molecule is Cc1ccsc1CN(C)CC(=O)c1cc(C)n(C2CCS(=O)(=O)C2)c1C. The van der Waals surface area contributed by atoms with Gasteiger partial charge in [0, 0.05) is 34.4 Å². The predicted molar refractivity (Wildman–Crippen MR) is 106 cm³/mol. The summed E-state index contributed by atoms with van der Waals surface area (Å²) in [6.07, 6.45) is 0.629. The third-order valence-electron chi connectivity index (χ3n) is 5.15. The number of sulfone groups is 1. The summed E-state index contributed by atoms with van der Waals surface area (Å²) in [5.74, 6) is 0.497. The minimum atomic E-state index is -2.95. The van der Waals surface area contributed by atoms with Gasteiger partial charge < -0.3 is 4.57 Å². The van der Waals surface area contributed by atoms with E-state index in [-0.39, 0.29) is 23.3 Å². The van der Waals surface area contributed by atoms with E-state index in [2.05, 4.69) is 18.4 Å². The number of thiophene rings is 1. The van der Waals surface area contributed by atoms with Gasteiger partial charge in [-0.2, -0.15) is 0 Å². The molecule has 0 saturated carbocycles. The summed E-state index contributed by atoms with van der Waals surface area (Å²) in [7, 11) is -0.995. The molecule has 0 amide bonds. The van der Waals surface area contributed by atoms with Crippen LogP contribution in [0.1, 0.15) is 44.6 Å². The molecular weight excluding hydrogens is 368 g/mol. The van der Waals surface area contributed by atoms with Crippen molar-refractivity contribution in [3.8, 4) is 0 Å². The Morgan fingerprint density at radius 2 is 2.08 bits per heavy atom.